The second kappa shape index (κ2) is 8.46. The summed E-state index contributed by atoms with van der Waals surface area (Å²) in [7, 11) is -4.54. The van der Waals surface area contributed by atoms with Crippen LogP contribution in [0.5, 0.6) is 0 Å². The van der Waals surface area contributed by atoms with Crippen molar-refractivity contribution in [3.63, 3.8) is 0 Å². The molecule has 1 heterocycles. The zero-order chi connectivity index (χ0) is 21.2. The lowest BCUT2D eigenvalue weighted by molar-refractivity contribution is -0.130. The van der Waals surface area contributed by atoms with Crippen LogP contribution in [0.2, 0.25) is 0 Å². The van der Waals surface area contributed by atoms with Gasteiger partial charge in [0.2, 0.25) is 5.91 Å². The highest BCUT2D eigenvalue weighted by Gasteiger charge is 2.25. The summed E-state index contributed by atoms with van der Waals surface area (Å²) >= 11 is 3.30. The molecule has 11 heteroatoms. The molecule has 9 nitrogen and oxygen atoms in total. The molecule has 152 valence electrons. The summed E-state index contributed by atoms with van der Waals surface area (Å²) in [6, 6.07) is 12.0. The quantitative estimate of drug-likeness (QED) is 0.311. The van der Waals surface area contributed by atoms with Crippen molar-refractivity contribution < 1.29 is 19.1 Å². The standard InChI is InChI=1S/C18H17BrN3O6P/c19-13-7-12(16-14(8-13)20-17(24)18(25)21-16)9-22(10-29(26,27)28)15(23)6-11-4-2-1-3-5-11/h1-5,7-8H,6,9-10H2,(H,20,24)(H,21,25)(H2,26,27,28). The summed E-state index contributed by atoms with van der Waals surface area (Å²) < 4.78 is 12.2. The first-order valence-corrected chi connectivity index (χ1v) is 11.0. The van der Waals surface area contributed by atoms with Gasteiger partial charge in [-0.1, -0.05) is 46.3 Å². The number of hydrogen-bond acceptors (Lipinski definition) is 4. The van der Waals surface area contributed by atoms with Gasteiger partial charge in [-0.3, -0.25) is 18.9 Å². The average molecular weight is 482 g/mol. The molecule has 0 bridgehead atoms. The number of nitrogens with zero attached hydrogens (tertiary/aromatic N) is 1. The molecular formula is C18H17BrN3O6P. The summed E-state index contributed by atoms with van der Waals surface area (Å²) in [6.45, 7) is -0.172. The molecule has 0 spiro atoms. The lowest BCUT2D eigenvalue weighted by atomic mass is 10.1. The van der Waals surface area contributed by atoms with Crippen molar-refractivity contribution in [2.24, 2.45) is 0 Å². The van der Waals surface area contributed by atoms with Crippen LogP contribution in [0, 0.1) is 0 Å². The van der Waals surface area contributed by atoms with Crippen LogP contribution < -0.4 is 11.1 Å². The van der Waals surface area contributed by atoms with Gasteiger partial charge in [0.25, 0.3) is 0 Å². The number of rotatable bonds is 6. The second-order valence-electron chi connectivity index (χ2n) is 6.46. The molecule has 0 unspecified atom stereocenters. The fraction of sp³-hybridized carbons (Fsp3) is 0.167. The summed E-state index contributed by atoms with van der Waals surface area (Å²) in [5, 5.41) is 0. The number of halogens is 1. The van der Waals surface area contributed by atoms with E-state index in [-0.39, 0.29) is 18.5 Å². The molecule has 1 amide bonds. The minimum Gasteiger partial charge on any atom is -0.326 e. The predicted octanol–water partition coefficient (Wildman–Crippen LogP) is 1.69. The first-order valence-electron chi connectivity index (χ1n) is 8.43. The van der Waals surface area contributed by atoms with E-state index >= 15 is 0 Å². The number of aromatic amines is 2. The fourth-order valence-electron chi connectivity index (χ4n) is 2.91. The van der Waals surface area contributed by atoms with E-state index in [2.05, 4.69) is 25.9 Å². The largest absolute Gasteiger partial charge is 0.344 e. The van der Waals surface area contributed by atoms with Crippen LogP contribution in [0.25, 0.3) is 11.0 Å². The number of H-pyrrole nitrogens is 2. The monoisotopic (exact) mass is 481 g/mol. The van der Waals surface area contributed by atoms with Gasteiger partial charge in [0, 0.05) is 11.0 Å². The molecule has 0 saturated carbocycles. The number of carbonyl (C=O) groups excluding carboxylic acids is 1. The molecule has 0 atom stereocenters. The van der Waals surface area contributed by atoms with Crippen LogP contribution in [0.15, 0.2) is 56.5 Å². The van der Waals surface area contributed by atoms with Gasteiger partial charge in [-0.25, -0.2) is 0 Å². The Kier molecular flexibility index (Phi) is 6.18. The molecule has 0 fully saturated rings. The second-order valence-corrected chi connectivity index (χ2v) is 8.98. The minimum atomic E-state index is -4.54. The molecule has 3 aromatic rings. The van der Waals surface area contributed by atoms with Crippen LogP contribution in [0.1, 0.15) is 11.1 Å². The van der Waals surface area contributed by atoms with Crippen molar-refractivity contribution in [2.45, 2.75) is 13.0 Å². The van der Waals surface area contributed by atoms with Crippen molar-refractivity contribution in [3.05, 3.63) is 78.8 Å². The summed E-state index contributed by atoms with van der Waals surface area (Å²) in [5.41, 5.74) is 0.0290. The van der Waals surface area contributed by atoms with E-state index in [0.29, 0.717) is 21.1 Å². The van der Waals surface area contributed by atoms with Crippen molar-refractivity contribution in [1.29, 1.82) is 0 Å². The van der Waals surface area contributed by atoms with Crippen molar-refractivity contribution in [2.75, 3.05) is 6.29 Å². The van der Waals surface area contributed by atoms with E-state index in [0.717, 1.165) is 4.90 Å². The average Bonchev–Trinajstić information content (AvgIpc) is 2.62. The highest BCUT2D eigenvalue weighted by molar-refractivity contribution is 9.10. The molecule has 0 radical (unpaired) electrons. The van der Waals surface area contributed by atoms with E-state index in [1.54, 1.807) is 42.5 Å². The topological polar surface area (TPSA) is 144 Å². The van der Waals surface area contributed by atoms with E-state index in [1.165, 1.54) is 0 Å². The molecule has 1 aromatic heterocycles. The zero-order valence-corrected chi connectivity index (χ0v) is 17.4. The zero-order valence-electron chi connectivity index (χ0n) is 15.0. The Labute approximate surface area is 172 Å². The van der Waals surface area contributed by atoms with Crippen molar-refractivity contribution >= 4 is 40.5 Å². The number of aromatic nitrogens is 2. The number of amides is 1. The lowest BCUT2D eigenvalue weighted by Crippen LogP contribution is -2.33. The van der Waals surface area contributed by atoms with E-state index in [9.17, 15) is 28.7 Å². The van der Waals surface area contributed by atoms with E-state index in [1.807, 2.05) is 0 Å². The summed E-state index contributed by atoms with van der Waals surface area (Å²) in [5.74, 6) is -0.487. The van der Waals surface area contributed by atoms with Gasteiger partial charge in [0.05, 0.1) is 17.5 Å². The number of nitrogens with one attached hydrogen (secondary N) is 2. The number of fused-ring (bicyclic) bond motifs is 1. The Morgan fingerprint density at radius 1 is 1.07 bits per heavy atom. The molecule has 0 aliphatic heterocycles. The highest BCUT2D eigenvalue weighted by Crippen LogP contribution is 2.36. The van der Waals surface area contributed by atoms with Gasteiger partial charge in [-0.15, -0.1) is 0 Å². The maximum absolute atomic E-state index is 12.8. The molecule has 0 aliphatic rings. The van der Waals surface area contributed by atoms with Crippen LogP contribution in [-0.2, 0) is 22.3 Å². The molecule has 2 aromatic carbocycles. The van der Waals surface area contributed by atoms with Gasteiger partial charge in [0.1, 0.15) is 6.29 Å². The predicted molar refractivity (Wildman–Crippen MR) is 110 cm³/mol. The first kappa shape index (κ1) is 21.2. The maximum atomic E-state index is 12.8. The Balaban J connectivity index is 2.00. The Hall–Kier alpha value is -2.52. The normalized spacial score (nSPS) is 11.6. The van der Waals surface area contributed by atoms with Gasteiger partial charge in [0.15, 0.2) is 0 Å². The van der Waals surface area contributed by atoms with Crippen LogP contribution >= 0.6 is 23.5 Å². The Morgan fingerprint density at radius 2 is 1.72 bits per heavy atom. The Morgan fingerprint density at radius 3 is 2.38 bits per heavy atom. The highest BCUT2D eigenvalue weighted by atomic mass is 79.9. The van der Waals surface area contributed by atoms with Gasteiger partial charge in [-0.05, 0) is 23.3 Å². The number of benzene rings is 2. The first-order chi connectivity index (χ1) is 13.6. The van der Waals surface area contributed by atoms with Gasteiger partial charge < -0.3 is 24.7 Å². The van der Waals surface area contributed by atoms with Crippen LogP contribution in [0.3, 0.4) is 0 Å². The third-order valence-electron chi connectivity index (χ3n) is 4.14. The molecule has 4 N–H and O–H groups in total. The van der Waals surface area contributed by atoms with Crippen molar-refractivity contribution in [1.82, 2.24) is 14.9 Å². The van der Waals surface area contributed by atoms with Gasteiger partial charge >= 0.3 is 18.7 Å². The molecule has 0 saturated heterocycles. The fourth-order valence-corrected chi connectivity index (χ4v) is 4.12. The number of carbonyl (C=O) groups is 1. The molecule has 3 rings (SSSR count). The van der Waals surface area contributed by atoms with Gasteiger partial charge in [-0.2, -0.15) is 0 Å². The smallest absolute Gasteiger partial charge is 0.326 e. The summed E-state index contributed by atoms with van der Waals surface area (Å²) in [4.78, 5) is 60.9. The summed E-state index contributed by atoms with van der Waals surface area (Å²) in [6.07, 6.45) is -0.819. The lowest BCUT2D eigenvalue weighted by Gasteiger charge is -2.24. The van der Waals surface area contributed by atoms with Crippen LogP contribution in [0.4, 0.5) is 0 Å². The van der Waals surface area contributed by atoms with Crippen LogP contribution in [-0.4, -0.2) is 36.8 Å². The van der Waals surface area contributed by atoms with E-state index in [4.69, 9.17) is 0 Å². The number of hydrogen-bond donors (Lipinski definition) is 4. The maximum Gasteiger partial charge on any atom is 0.344 e. The molecule has 0 aliphatic carbocycles. The third-order valence-corrected chi connectivity index (χ3v) is 5.31. The Bertz CT molecular complexity index is 1220. The molecular weight excluding hydrogens is 465 g/mol. The SMILES string of the molecule is O=C(Cc1ccccc1)N(Cc1cc(Br)cc2[nH]c(=O)c(=O)[nH]c12)CP(=O)(O)O. The molecule has 29 heavy (non-hydrogen) atoms. The minimum absolute atomic E-state index is 0.0415. The van der Waals surface area contributed by atoms with Crippen molar-refractivity contribution in [3.8, 4) is 0 Å². The third kappa shape index (κ3) is 5.51. The van der Waals surface area contributed by atoms with E-state index < -0.39 is 30.9 Å².